The number of aryl methyl sites for hydroxylation is 1. The van der Waals surface area contributed by atoms with Gasteiger partial charge in [-0.1, -0.05) is 26.0 Å². The maximum atomic E-state index is 11.3. The molecule has 0 aliphatic heterocycles. The summed E-state index contributed by atoms with van der Waals surface area (Å²) in [6, 6.07) is 5.29. The first-order valence-corrected chi connectivity index (χ1v) is 5.87. The van der Waals surface area contributed by atoms with Gasteiger partial charge in [-0.15, -0.1) is 0 Å². The molecule has 0 aliphatic carbocycles. The summed E-state index contributed by atoms with van der Waals surface area (Å²) in [6.45, 7) is 8.06. The van der Waals surface area contributed by atoms with E-state index in [-0.39, 0.29) is 12.4 Å². The second-order valence-electron chi connectivity index (χ2n) is 3.29. The van der Waals surface area contributed by atoms with E-state index in [9.17, 15) is 9.59 Å². The average Bonchev–Trinajstić information content (AvgIpc) is 2.35. The van der Waals surface area contributed by atoms with E-state index in [1.165, 1.54) is 0 Å². The molecular formula is C14H20O3. The summed E-state index contributed by atoms with van der Waals surface area (Å²) in [7, 11) is 0. The summed E-state index contributed by atoms with van der Waals surface area (Å²) in [5.41, 5.74) is 2.42. The van der Waals surface area contributed by atoms with E-state index in [1.54, 1.807) is 19.1 Å². The Morgan fingerprint density at radius 3 is 2.53 bits per heavy atom. The molecule has 1 aromatic rings. The third-order valence-corrected chi connectivity index (χ3v) is 2.15. The van der Waals surface area contributed by atoms with Crippen LogP contribution in [0, 0.1) is 6.92 Å². The van der Waals surface area contributed by atoms with Crippen molar-refractivity contribution in [3.63, 3.8) is 0 Å². The molecule has 3 heteroatoms. The summed E-state index contributed by atoms with van der Waals surface area (Å²) in [5, 5.41) is 0. The fourth-order valence-electron chi connectivity index (χ4n) is 1.32. The monoisotopic (exact) mass is 236 g/mol. The van der Waals surface area contributed by atoms with Crippen LogP contribution in [0.25, 0.3) is 0 Å². The molecule has 0 saturated heterocycles. The third-order valence-electron chi connectivity index (χ3n) is 2.15. The van der Waals surface area contributed by atoms with Crippen molar-refractivity contribution >= 4 is 12.3 Å². The van der Waals surface area contributed by atoms with Gasteiger partial charge in [0.05, 0.1) is 13.0 Å². The van der Waals surface area contributed by atoms with Crippen molar-refractivity contribution in [2.24, 2.45) is 0 Å². The maximum Gasteiger partial charge on any atom is 0.310 e. The van der Waals surface area contributed by atoms with Crippen molar-refractivity contribution in [1.82, 2.24) is 0 Å². The molecule has 1 aromatic carbocycles. The van der Waals surface area contributed by atoms with Gasteiger partial charge in [0.25, 0.3) is 0 Å². The number of hydrogen-bond acceptors (Lipinski definition) is 3. The number of esters is 1. The Hall–Kier alpha value is -1.64. The molecule has 17 heavy (non-hydrogen) atoms. The number of benzene rings is 1. The highest BCUT2D eigenvalue weighted by molar-refractivity contribution is 5.77. The number of rotatable bonds is 4. The first-order valence-electron chi connectivity index (χ1n) is 5.87. The van der Waals surface area contributed by atoms with Crippen LogP contribution in [0.5, 0.6) is 0 Å². The van der Waals surface area contributed by atoms with E-state index in [0.29, 0.717) is 12.2 Å². The maximum absolute atomic E-state index is 11.3. The van der Waals surface area contributed by atoms with E-state index in [4.69, 9.17) is 4.74 Å². The lowest BCUT2D eigenvalue weighted by Crippen LogP contribution is -2.08. The lowest BCUT2D eigenvalue weighted by Gasteiger charge is -2.06. The average molecular weight is 236 g/mol. The van der Waals surface area contributed by atoms with E-state index < -0.39 is 0 Å². The van der Waals surface area contributed by atoms with Crippen molar-refractivity contribution in [3.05, 3.63) is 34.9 Å². The van der Waals surface area contributed by atoms with Crippen LogP contribution in [0.3, 0.4) is 0 Å². The lowest BCUT2D eigenvalue weighted by molar-refractivity contribution is -0.142. The second kappa shape index (κ2) is 8.50. The van der Waals surface area contributed by atoms with Crippen LogP contribution in [0.1, 0.15) is 42.3 Å². The summed E-state index contributed by atoms with van der Waals surface area (Å²) in [4.78, 5) is 21.8. The largest absolute Gasteiger partial charge is 0.466 e. The topological polar surface area (TPSA) is 43.4 Å². The van der Waals surface area contributed by atoms with Gasteiger partial charge in [0.1, 0.15) is 6.29 Å². The number of ether oxygens (including phenoxy) is 1. The predicted molar refractivity (Wildman–Crippen MR) is 68.3 cm³/mol. The molecular weight excluding hydrogens is 216 g/mol. The van der Waals surface area contributed by atoms with E-state index >= 15 is 0 Å². The Morgan fingerprint density at radius 1 is 1.35 bits per heavy atom. The number of hydrogen-bond donors (Lipinski definition) is 0. The van der Waals surface area contributed by atoms with Gasteiger partial charge in [-0.05, 0) is 31.0 Å². The zero-order valence-electron chi connectivity index (χ0n) is 10.9. The minimum Gasteiger partial charge on any atom is -0.466 e. The highest BCUT2D eigenvalue weighted by Gasteiger charge is 2.07. The molecule has 0 radical (unpaired) electrons. The molecule has 0 heterocycles. The normalized spacial score (nSPS) is 8.94. The molecule has 0 atom stereocenters. The highest BCUT2D eigenvalue weighted by Crippen LogP contribution is 2.11. The molecule has 94 valence electrons. The zero-order valence-corrected chi connectivity index (χ0v) is 10.9. The summed E-state index contributed by atoms with van der Waals surface area (Å²) in [5.74, 6) is -0.261. The molecule has 0 fully saturated rings. The van der Waals surface area contributed by atoms with Crippen LogP contribution >= 0.6 is 0 Å². The Morgan fingerprint density at radius 2 is 2.00 bits per heavy atom. The van der Waals surface area contributed by atoms with Crippen LogP contribution in [-0.4, -0.2) is 18.9 Å². The Labute approximate surface area is 103 Å². The van der Waals surface area contributed by atoms with Gasteiger partial charge in [-0.3, -0.25) is 9.59 Å². The smallest absolute Gasteiger partial charge is 0.310 e. The van der Waals surface area contributed by atoms with Gasteiger partial charge in [0.2, 0.25) is 0 Å². The molecule has 3 nitrogen and oxygen atoms in total. The molecule has 0 aromatic heterocycles. The van der Waals surface area contributed by atoms with Crippen molar-refractivity contribution in [2.75, 3.05) is 6.61 Å². The fraction of sp³-hybridized carbons (Fsp3) is 0.429. The van der Waals surface area contributed by atoms with Crippen molar-refractivity contribution in [2.45, 2.75) is 34.1 Å². The minimum absolute atomic E-state index is 0.224. The fourth-order valence-corrected chi connectivity index (χ4v) is 1.32. The molecule has 0 amide bonds. The van der Waals surface area contributed by atoms with Gasteiger partial charge in [0, 0.05) is 5.56 Å². The Bertz CT molecular complexity index is 370. The molecule has 0 aliphatic rings. The van der Waals surface area contributed by atoms with E-state index in [1.807, 2.05) is 26.8 Å². The van der Waals surface area contributed by atoms with Crippen LogP contribution in [-0.2, 0) is 16.0 Å². The zero-order chi connectivity index (χ0) is 13.3. The number of carbonyl (C=O) groups is 2. The quantitative estimate of drug-likeness (QED) is 0.596. The summed E-state index contributed by atoms with van der Waals surface area (Å²) >= 11 is 0. The Kier molecular flexibility index (Phi) is 7.68. The van der Waals surface area contributed by atoms with Gasteiger partial charge >= 0.3 is 5.97 Å². The SMILES string of the molecule is CC.CCOC(=O)Cc1cc(C=O)ccc1C. The first-order chi connectivity index (χ1) is 8.17. The van der Waals surface area contributed by atoms with Crippen molar-refractivity contribution < 1.29 is 14.3 Å². The van der Waals surface area contributed by atoms with Gasteiger partial charge in [0.15, 0.2) is 0 Å². The third kappa shape index (κ3) is 5.29. The van der Waals surface area contributed by atoms with E-state index in [2.05, 4.69) is 0 Å². The molecule has 0 spiro atoms. The number of aldehydes is 1. The van der Waals surface area contributed by atoms with Crippen molar-refractivity contribution in [3.8, 4) is 0 Å². The molecule has 0 saturated carbocycles. The summed E-state index contributed by atoms with van der Waals surface area (Å²) < 4.78 is 4.85. The van der Waals surface area contributed by atoms with Gasteiger partial charge in [-0.2, -0.15) is 0 Å². The van der Waals surface area contributed by atoms with Crippen LogP contribution in [0.15, 0.2) is 18.2 Å². The molecule has 1 rings (SSSR count). The van der Waals surface area contributed by atoms with Crippen LogP contribution in [0.2, 0.25) is 0 Å². The standard InChI is InChI=1S/C12H14O3.C2H6/c1-3-15-12(14)7-11-6-10(8-13)5-4-9(11)2;1-2/h4-6,8H,3,7H2,1-2H3;1-2H3. The summed E-state index contributed by atoms with van der Waals surface area (Å²) in [6.07, 6.45) is 0.995. The molecule has 0 unspecified atom stereocenters. The van der Waals surface area contributed by atoms with Crippen molar-refractivity contribution in [1.29, 1.82) is 0 Å². The lowest BCUT2D eigenvalue weighted by atomic mass is 10.0. The van der Waals surface area contributed by atoms with E-state index in [0.717, 1.165) is 17.4 Å². The minimum atomic E-state index is -0.261. The highest BCUT2D eigenvalue weighted by atomic mass is 16.5. The first kappa shape index (κ1) is 15.4. The molecule has 0 bridgehead atoms. The van der Waals surface area contributed by atoms with Crippen LogP contribution < -0.4 is 0 Å². The predicted octanol–water partition coefficient (Wildman–Crippen LogP) is 2.94. The van der Waals surface area contributed by atoms with Gasteiger partial charge in [-0.25, -0.2) is 0 Å². The van der Waals surface area contributed by atoms with Gasteiger partial charge < -0.3 is 4.74 Å². The second-order valence-corrected chi connectivity index (χ2v) is 3.29. The molecule has 0 N–H and O–H groups in total. The van der Waals surface area contributed by atoms with Crippen LogP contribution in [0.4, 0.5) is 0 Å². The number of carbonyl (C=O) groups excluding carboxylic acids is 2. The Balaban J connectivity index is 0.00000121.